The summed E-state index contributed by atoms with van der Waals surface area (Å²) < 4.78 is 29.2. The third-order valence-electron chi connectivity index (χ3n) is 7.14. The highest BCUT2D eigenvalue weighted by molar-refractivity contribution is 7.92. The number of carbonyl (C=O) groups excluding carboxylic acids is 2. The van der Waals surface area contributed by atoms with Gasteiger partial charge < -0.3 is 10.2 Å². The fourth-order valence-electron chi connectivity index (χ4n) is 4.92. The van der Waals surface area contributed by atoms with E-state index in [1.54, 1.807) is 18.2 Å². The van der Waals surface area contributed by atoms with Gasteiger partial charge in [0.05, 0.1) is 10.6 Å². The molecule has 0 saturated carbocycles. The minimum atomic E-state index is -4.25. The van der Waals surface area contributed by atoms with Gasteiger partial charge in [-0.3, -0.25) is 13.9 Å². The molecule has 1 N–H and O–H groups in total. The average Bonchev–Trinajstić information content (AvgIpc) is 3.00. The maximum absolute atomic E-state index is 14.5. The number of halogens is 2. The molecule has 0 aliphatic heterocycles. The van der Waals surface area contributed by atoms with E-state index < -0.39 is 28.5 Å². The zero-order valence-corrected chi connectivity index (χ0v) is 27.8. The number of nitrogens with zero attached hydrogens (tertiary/aromatic N) is 2. The number of carbonyl (C=O) groups is 2. The summed E-state index contributed by atoms with van der Waals surface area (Å²) in [5.74, 6) is -0.698. The van der Waals surface area contributed by atoms with Crippen LogP contribution in [0.4, 0.5) is 5.69 Å². The lowest BCUT2D eigenvalue weighted by atomic mass is 10.0. The number of rotatable bonds is 13. The van der Waals surface area contributed by atoms with Crippen LogP contribution in [0.15, 0.2) is 108 Å². The van der Waals surface area contributed by atoms with Crippen LogP contribution >= 0.6 is 23.2 Å². The first-order chi connectivity index (χ1) is 21.4. The van der Waals surface area contributed by atoms with Gasteiger partial charge in [-0.15, -0.1) is 0 Å². The lowest BCUT2D eigenvalue weighted by Gasteiger charge is -2.34. The van der Waals surface area contributed by atoms with Gasteiger partial charge in [0.25, 0.3) is 10.0 Å². The molecule has 1 atom stereocenters. The number of hydrogen-bond acceptors (Lipinski definition) is 4. The first kappa shape index (κ1) is 34.0. The Balaban J connectivity index is 1.82. The van der Waals surface area contributed by atoms with Gasteiger partial charge >= 0.3 is 0 Å². The summed E-state index contributed by atoms with van der Waals surface area (Å²) in [5.41, 5.74) is 2.79. The molecule has 1 unspecified atom stereocenters. The highest BCUT2D eigenvalue weighted by Crippen LogP contribution is 2.30. The van der Waals surface area contributed by atoms with Crippen LogP contribution in [-0.2, 0) is 32.6 Å². The van der Waals surface area contributed by atoms with Gasteiger partial charge in [0.15, 0.2) is 0 Å². The molecule has 0 bridgehead atoms. The van der Waals surface area contributed by atoms with Crippen LogP contribution in [0.3, 0.4) is 0 Å². The summed E-state index contributed by atoms with van der Waals surface area (Å²) in [7, 11) is -4.25. The Kier molecular flexibility index (Phi) is 11.7. The van der Waals surface area contributed by atoms with Crippen LogP contribution in [0.25, 0.3) is 0 Å². The third-order valence-corrected chi connectivity index (χ3v) is 9.36. The molecule has 0 spiro atoms. The molecule has 0 radical (unpaired) electrons. The molecular formula is C35H37Cl2N3O4S. The Morgan fingerprint density at radius 1 is 0.800 bits per heavy atom. The average molecular weight is 667 g/mol. The Labute approximate surface area is 275 Å². The molecule has 45 heavy (non-hydrogen) atoms. The van der Waals surface area contributed by atoms with Gasteiger partial charge in [-0.2, -0.15) is 0 Å². The lowest BCUT2D eigenvalue weighted by molar-refractivity contribution is -0.140. The molecule has 10 heteroatoms. The van der Waals surface area contributed by atoms with E-state index in [1.807, 2.05) is 75.4 Å². The van der Waals surface area contributed by atoms with Gasteiger partial charge in [-0.1, -0.05) is 115 Å². The van der Waals surface area contributed by atoms with E-state index in [9.17, 15) is 18.0 Å². The Morgan fingerprint density at radius 3 is 2.00 bits per heavy atom. The maximum atomic E-state index is 14.5. The minimum absolute atomic E-state index is 0.00496. The van der Waals surface area contributed by atoms with Gasteiger partial charge in [-0.05, 0) is 54.3 Å². The van der Waals surface area contributed by atoms with Gasteiger partial charge in [0.1, 0.15) is 12.6 Å². The van der Waals surface area contributed by atoms with Crippen LogP contribution in [0.5, 0.6) is 0 Å². The second-order valence-electron chi connectivity index (χ2n) is 11.3. The minimum Gasteiger partial charge on any atom is -0.354 e. The number of nitrogens with one attached hydrogen (secondary N) is 1. The van der Waals surface area contributed by atoms with E-state index in [4.69, 9.17) is 23.2 Å². The number of anilines is 1. The third kappa shape index (κ3) is 9.33. The molecule has 4 aromatic rings. The van der Waals surface area contributed by atoms with E-state index >= 15 is 0 Å². The van der Waals surface area contributed by atoms with Crippen molar-refractivity contribution in [3.05, 3.63) is 130 Å². The summed E-state index contributed by atoms with van der Waals surface area (Å²) >= 11 is 12.6. The monoisotopic (exact) mass is 665 g/mol. The summed E-state index contributed by atoms with van der Waals surface area (Å²) in [4.78, 5) is 29.8. The highest BCUT2D eigenvalue weighted by atomic mass is 35.5. The standard InChI is InChI=1S/C35H37Cl2N3O4S/c1-25(2)22-38-35(42)33(18-27-12-6-4-7-13-27)39(23-28-14-10-11-26(3)17-28)34(41)24-40(31-20-29(36)19-30(37)21-31)45(43,44)32-15-8-5-9-16-32/h4-17,19-21,25,33H,18,22-24H2,1-3H3,(H,38,42). The van der Waals surface area contributed by atoms with E-state index in [0.717, 1.165) is 21.0 Å². The smallest absolute Gasteiger partial charge is 0.264 e. The molecule has 0 aromatic heterocycles. The molecule has 0 aliphatic rings. The number of benzene rings is 4. The van der Waals surface area contributed by atoms with Crippen molar-refractivity contribution in [2.75, 3.05) is 17.4 Å². The molecule has 2 amide bonds. The zero-order valence-electron chi connectivity index (χ0n) is 25.5. The first-order valence-corrected chi connectivity index (χ1v) is 16.8. The zero-order chi connectivity index (χ0) is 32.6. The second kappa shape index (κ2) is 15.4. The molecular weight excluding hydrogens is 629 g/mol. The SMILES string of the molecule is Cc1cccc(CN(C(=O)CN(c2cc(Cl)cc(Cl)c2)S(=O)(=O)c2ccccc2)C(Cc2ccccc2)C(=O)NCC(C)C)c1. The lowest BCUT2D eigenvalue weighted by Crippen LogP contribution is -2.53. The quantitative estimate of drug-likeness (QED) is 0.168. The predicted octanol–water partition coefficient (Wildman–Crippen LogP) is 6.91. The number of hydrogen-bond donors (Lipinski definition) is 1. The van der Waals surface area contributed by atoms with Crippen LogP contribution in [-0.4, -0.2) is 44.3 Å². The van der Waals surface area contributed by atoms with E-state index in [-0.39, 0.29) is 45.4 Å². The van der Waals surface area contributed by atoms with Gasteiger partial charge in [-0.25, -0.2) is 8.42 Å². The van der Waals surface area contributed by atoms with Crippen LogP contribution < -0.4 is 9.62 Å². The molecule has 7 nitrogen and oxygen atoms in total. The fraction of sp³-hybridized carbons (Fsp3) is 0.257. The normalized spacial score (nSPS) is 12.0. The molecule has 236 valence electrons. The van der Waals surface area contributed by atoms with Gasteiger partial charge in [0, 0.05) is 29.6 Å². The first-order valence-electron chi connectivity index (χ1n) is 14.6. The number of sulfonamides is 1. The van der Waals surface area contributed by atoms with E-state index in [1.165, 1.54) is 35.2 Å². The maximum Gasteiger partial charge on any atom is 0.264 e. The summed E-state index contributed by atoms with van der Waals surface area (Å²) in [6.07, 6.45) is 0.233. The van der Waals surface area contributed by atoms with Crippen LogP contribution in [0, 0.1) is 12.8 Å². The Morgan fingerprint density at radius 2 is 1.40 bits per heavy atom. The largest absolute Gasteiger partial charge is 0.354 e. The van der Waals surface area contributed by atoms with E-state index in [2.05, 4.69) is 5.32 Å². The summed E-state index contributed by atoms with van der Waals surface area (Å²) in [6.45, 7) is 5.84. The molecule has 0 heterocycles. The predicted molar refractivity (Wildman–Crippen MR) is 181 cm³/mol. The Bertz CT molecular complexity index is 1700. The van der Waals surface area contributed by atoms with Crippen molar-refractivity contribution in [1.82, 2.24) is 10.2 Å². The Hall–Kier alpha value is -3.85. The van der Waals surface area contributed by atoms with Crippen molar-refractivity contribution < 1.29 is 18.0 Å². The van der Waals surface area contributed by atoms with Crippen molar-refractivity contribution in [2.45, 2.75) is 44.7 Å². The number of amides is 2. The van der Waals surface area contributed by atoms with E-state index in [0.29, 0.717) is 6.54 Å². The molecule has 0 saturated heterocycles. The molecule has 4 rings (SSSR count). The van der Waals surface area contributed by atoms with Gasteiger partial charge in [0.2, 0.25) is 11.8 Å². The number of aryl methyl sites for hydroxylation is 1. The summed E-state index contributed by atoms with van der Waals surface area (Å²) in [6, 6.07) is 28.4. The van der Waals surface area contributed by atoms with Crippen molar-refractivity contribution in [1.29, 1.82) is 0 Å². The fourth-order valence-corrected chi connectivity index (χ4v) is 6.85. The molecule has 0 aliphatic carbocycles. The van der Waals surface area contributed by atoms with Crippen molar-refractivity contribution in [2.24, 2.45) is 5.92 Å². The molecule has 4 aromatic carbocycles. The van der Waals surface area contributed by atoms with Crippen molar-refractivity contribution in [3.8, 4) is 0 Å². The van der Waals surface area contributed by atoms with Crippen LogP contribution in [0.1, 0.15) is 30.5 Å². The topological polar surface area (TPSA) is 86.8 Å². The summed E-state index contributed by atoms with van der Waals surface area (Å²) in [5, 5.41) is 3.42. The highest BCUT2D eigenvalue weighted by Gasteiger charge is 2.35. The van der Waals surface area contributed by atoms with Crippen molar-refractivity contribution >= 4 is 50.7 Å². The van der Waals surface area contributed by atoms with Crippen molar-refractivity contribution in [3.63, 3.8) is 0 Å². The van der Waals surface area contributed by atoms with Crippen LogP contribution in [0.2, 0.25) is 10.0 Å². The molecule has 0 fully saturated rings. The second-order valence-corrected chi connectivity index (χ2v) is 14.0.